The van der Waals surface area contributed by atoms with Gasteiger partial charge in [0.05, 0.1) is 0 Å². The van der Waals surface area contributed by atoms with E-state index in [0.717, 1.165) is 0 Å². The average Bonchev–Trinajstić information content (AvgIpc) is 2.09. The van der Waals surface area contributed by atoms with Crippen molar-refractivity contribution in [2.24, 2.45) is 0 Å². The van der Waals surface area contributed by atoms with Gasteiger partial charge in [-0.05, 0) is 11.6 Å². The molecule has 0 aromatic carbocycles. The van der Waals surface area contributed by atoms with E-state index >= 15 is 0 Å². The smallest absolute Gasteiger partial charge is 0.263 e. The Kier molecular flexibility index (Phi) is 3.23. The van der Waals surface area contributed by atoms with Crippen molar-refractivity contribution < 1.29 is 0 Å². The summed E-state index contributed by atoms with van der Waals surface area (Å²) in [5.41, 5.74) is 0. The second kappa shape index (κ2) is 4.46. The molecule has 12 heavy (non-hydrogen) atoms. The molecule has 0 aliphatic heterocycles. The van der Waals surface area contributed by atoms with Crippen molar-refractivity contribution in [3.8, 4) is 12.3 Å². The SMILES string of the molecule is C#CCCNc1nnc(Cl)nn1. The van der Waals surface area contributed by atoms with E-state index < -0.39 is 0 Å². The van der Waals surface area contributed by atoms with Crippen LogP contribution in [0.3, 0.4) is 0 Å². The first-order chi connectivity index (χ1) is 5.83. The molecular formula is C6H6ClN5. The molecular weight excluding hydrogens is 178 g/mol. The third kappa shape index (κ3) is 2.68. The maximum atomic E-state index is 5.37. The number of terminal acetylenes is 1. The van der Waals surface area contributed by atoms with E-state index in [0.29, 0.717) is 18.9 Å². The Balaban J connectivity index is 2.43. The molecule has 1 aromatic heterocycles. The highest BCUT2D eigenvalue weighted by atomic mass is 35.5. The summed E-state index contributed by atoms with van der Waals surface area (Å²) in [5, 5.41) is 17.1. The molecule has 0 amide bonds. The van der Waals surface area contributed by atoms with Gasteiger partial charge in [0.15, 0.2) is 0 Å². The predicted molar refractivity (Wildman–Crippen MR) is 44.6 cm³/mol. The highest BCUT2D eigenvalue weighted by molar-refractivity contribution is 6.28. The van der Waals surface area contributed by atoms with Crippen LogP contribution in [-0.4, -0.2) is 26.9 Å². The van der Waals surface area contributed by atoms with Gasteiger partial charge in [0.2, 0.25) is 0 Å². The maximum absolute atomic E-state index is 5.37. The summed E-state index contributed by atoms with van der Waals surface area (Å²) in [4.78, 5) is 0. The first kappa shape index (κ1) is 8.68. The molecule has 1 N–H and O–H groups in total. The standard InChI is InChI=1S/C6H6ClN5/c1-2-3-4-8-6-11-9-5(7)10-12-6/h1H,3-4H2,(H,8,11,12). The molecule has 0 fully saturated rings. The number of aromatic nitrogens is 4. The van der Waals surface area contributed by atoms with E-state index in [9.17, 15) is 0 Å². The van der Waals surface area contributed by atoms with Crippen LogP contribution in [0.15, 0.2) is 0 Å². The van der Waals surface area contributed by atoms with Crippen molar-refractivity contribution in [3.05, 3.63) is 5.28 Å². The number of nitrogens with zero attached hydrogens (tertiary/aromatic N) is 4. The summed E-state index contributed by atoms with van der Waals surface area (Å²) in [6.45, 7) is 0.599. The molecule has 0 atom stereocenters. The minimum Gasteiger partial charge on any atom is -0.351 e. The Bertz CT molecular complexity index is 277. The van der Waals surface area contributed by atoms with Gasteiger partial charge >= 0.3 is 0 Å². The topological polar surface area (TPSA) is 63.6 Å². The first-order valence-electron chi connectivity index (χ1n) is 3.23. The number of anilines is 1. The number of halogens is 1. The van der Waals surface area contributed by atoms with Crippen LogP contribution in [-0.2, 0) is 0 Å². The lowest BCUT2D eigenvalue weighted by molar-refractivity contribution is 0.848. The number of rotatable bonds is 3. The van der Waals surface area contributed by atoms with Crippen LogP contribution in [0.5, 0.6) is 0 Å². The van der Waals surface area contributed by atoms with Crippen molar-refractivity contribution in [1.82, 2.24) is 20.4 Å². The van der Waals surface area contributed by atoms with Gasteiger partial charge in [0.25, 0.3) is 11.2 Å². The Labute approximate surface area is 74.6 Å². The van der Waals surface area contributed by atoms with E-state index in [2.05, 4.69) is 31.6 Å². The van der Waals surface area contributed by atoms with Crippen LogP contribution in [0.25, 0.3) is 0 Å². The van der Waals surface area contributed by atoms with Gasteiger partial charge in [0, 0.05) is 13.0 Å². The largest absolute Gasteiger partial charge is 0.351 e. The lowest BCUT2D eigenvalue weighted by atomic mass is 10.4. The number of nitrogens with one attached hydrogen (secondary N) is 1. The van der Waals surface area contributed by atoms with Gasteiger partial charge in [-0.25, -0.2) is 0 Å². The number of hydrogen-bond acceptors (Lipinski definition) is 5. The van der Waals surface area contributed by atoms with Crippen LogP contribution < -0.4 is 5.32 Å². The fraction of sp³-hybridized carbons (Fsp3) is 0.333. The van der Waals surface area contributed by atoms with Gasteiger partial charge in [-0.2, -0.15) is 0 Å². The van der Waals surface area contributed by atoms with E-state index in [1.54, 1.807) is 0 Å². The summed E-state index contributed by atoms with van der Waals surface area (Å²) in [6.07, 6.45) is 5.64. The Morgan fingerprint density at radius 3 is 2.58 bits per heavy atom. The molecule has 0 spiro atoms. The van der Waals surface area contributed by atoms with Gasteiger partial charge < -0.3 is 5.32 Å². The zero-order valence-electron chi connectivity index (χ0n) is 6.16. The molecule has 0 aliphatic carbocycles. The molecule has 0 saturated heterocycles. The molecule has 6 heteroatoms. The predicted octanol–water partition coefficient (Wildman–Crippen LogP) is 0.355. The van der Waals surface area contributed by atoms with E-state index in [1.807, 2.05) is 0 Å². The van der Waals surface area contributed by atoms with E-state index in [4.69, 9.17) is 18.0 Å². The molecule has 62 valence electrons. The van der Waals surface area contributed by atoms with Crippen LogP contribution >= 0.6 is 11.6 Å². The average molecular weight is 184 g/mol. The van der Waals surface area contributed by atoms with E-state index in [-0.39, 0.29) is 5.28 Å². The fourth-order valence-corrected chi connectivity index (χ4v) is 0.610. The quantitative estimate of drug-likeness (QED) is 0.542. The van der Waals surface area contributed by atoms with Gasteiger partial charge in [-0.3, -0.25) is 0 Å². The second-order valence-electron chi connectivity index (χ2n) is 1.87. The normalized spacial score (nSPS) is 9.00. The lowest BCUT2D eigenvalue weighted by Gasteiger charge is -1.97. The van der Waals surface area contributed by atoms with Gasteiger partial charge in [-0.1, -0.05) is 0 Å². The molecule has 1 rings (SSSR count). The Morgan fingerprint density at radius 1 is 1.33 bits per heavy atom. The van der Waals surface area contributed by atoms with Crippen LogP contribution in [0.4, 0.5) is 5.95 Å². The molecule has 1 heterocycles. The van der Waals surface area contributed by atoms with Crippen LogP contribution in [0.2, 0.25) is 5.28 Å². The lowest BCUT2D eigenvalue weighted by Crippen LogP contribution is -2.06. The van der Waals surface area contributed by atoms with Crippen LogP contribution in [0.1, 0.15) is 6.42 Å². The maximum Gasteiger partial charge on any atom is 0.263 e. The summed E-state index contributed by atoms with van der Waals surface area (Å²) in [7, 11) is 0. The Morgan fingerprint density at radius 2 is 2.00 bits per heavy atom. The minimum atomic E-state index is 0.0255. The Hall–Kier alpha value is -1.41. The van der Waals surface area contributed by atoms with E-state index in [1.165, 1.54) is 0 Å². The minimum absolute atomic E-state index is 0.0255. The van der Waals surface area contributed by atoms with Crippen molar-refractivity contribution in [1.29, 1.82) is 0 Å². The molecule has 0 bridgehead atoms. The summed E-state index contributed by atoms with van der Waals surface area (Å²) >= 11 is 5.37. The van der Waals surface area contributed by atoms with Crippen molar-refractivity contribution in [3.63, 3.8) is 0 Å². The number of hydrogen-bond donors (Lipinski definition) is 1. The molecule has 0 aliphatic rings. The fourth-order valence-electron chi connectivity index (χ4n) is 0.534. The summed E-state index contributed by atoms with van der Waals surface area (Å²) in [6, 6.07) is 0. The van der Waals surface area contributed by atoms with Gasteiger partial charge in [-0.15, -0.1) is 32.7 Å². The first-order valence-corrected chi connectivity index (χ1v) is 3.61. The monoisotopic (exact) mass is 183 g/mol. The molecule has 5 nitrogen and oxygen atoms in total. The second-order valence-corrected chi connectivity index (χ2v) is 2.21. The molecule has 1 aromatic rings. The highest BCUT2D eigenvalue weighted by Gasteiger charge is 1.95. The molecule has 0 radical (unpaired) electrons. The van der Waals surface area contributed by atoms with Crippen molar-refractivity contribution in [2.75, 3.05) is 11.9 Å². The summed E-state index contributed by atoms with van der Waals surface area (Å²) in [5.74, 6) is 2.79. The third-order valence-corrected chi connectivity index (χ3v) is 1.16. The van der Waals surface area contributed by atoms with Crippen molar-refractivity contribution in [2.45, 2.75) is 6.42 Å². The van der Waals surface area contributed by atoms with Crippen LogP contribution in [0, 0.1) is 12.3 Å². The third-order valence-electron chi connectivity index (χ3n) is 1.01. The zero-order valence-corrected chi connectivity index (χ0v) is 6.91. The highest BCUT2D eigenvalue weighted by Crippen LogP contribution is 1.96. The molecule has 0 unspecified atom stereocenters. The summed E-state index contributed by atoms with van der Waals surface area (Å²) < 4.78 is 0. The van der Waals surface area contributed by atoms with Gasteiger partial charge in [0.1, 0.15) is 0 Å². The molecule has 0 saturated carbocycles. The van der Waals surface area contributed by atoms with Crippen molar-refractivity contribution >= 4 is 17.5 Å². The zero-order chi connectivity index (χ0) is 8.81.